The van der Waals surface area contributed by atoms with E-state index in [4.69, 9.17) is 10.5 Å². The van der Waals surface area contributed by atoms with Gasteiger partial charge in [-0.25, -0.2) is 4.79 Å². The Balaban J connectivity index is 2.54. The van der Waals surface area contributed by atoms with Crippen LogP contribution in [-0.4, -0.2) is 60.3 Å². The van der Waals surface area contributed by atoms with E-state index in [1.807, 2.05) is 20.8 Å². The lowest BCUT2D eigenvalue weighted by Crippen LogP contribution is -2.57. The molecule has 1 amide bonds. The maximum absolute atomic E-state index is 12.0. The third-order valence-electron chi connectivity index (χ3n) is 3.04. The summed E-state index contributed by atoms with van der Waals surface area (Å²) in [6.45, 7) is 11.7. The zero-order valence-corrected chi connectivity index (χ0v) is 12.1. The van der Waals surface area contributed by atoms with Crippen molar-refractivity contribution >= 4 is 6.09 Å². The van der Waals surface area contributed by atoms with Gasteiger partial charge in [0.2, 0.25) is 0 Å². The molecule has 0 bridgehead atoms. The topological polar surface area (TPSA) is 58.8 Å². The zero-order valence-electron chi connectivity index (χ0n) is 12.1. The first-order valence-corrected chi connectivity index (χ1v) is 6.79. The molecule has 1 saturated heterocycles. The summed E-state index contributed by atoms with van der Waals surface area (Å²) in [4.78, 5) is 16.1. The molecule has 1 rings (SSSR count). The summed E-state index contributed by atoms with van der Waals surface area (Å²) in [5, 5.41) is 0. The first-order valence-electron chi connectivity index (χ1n) is 6.79. The minimum atomic E-state index is -0.435. The molecular formula is C13H27N3O2. The Morgan fingerprint density at radius 1 is 1.39 bits per heavy atom. The highest BCUT2D eigenvalue weighted by molar-refractivity contribution is 5.68. The summed E-state index contributed by atoms with van der Waals surface area (Å²) < 4.78 is 5.39. The van der Waals surface area contributed by atoms with Crippen LogP contribution in [0.4, 0.5) is 4.79 Å². The largest absolute Gasteiger partial charge is 0.444 e. The van der Waals surface area contributed by atoms with Crippen molar-refractivity contribution in [1.29, 1.82) is 0 Å². The molecule has 2 N–H and O–H groups in total. The number of rotatable bonds is 3. The predicted octanol–water partition coefficient (Wildman–Crippen LogP) is 1.28. The van der Waals surface area contributed by atoms with Gasteiger partial charge in [-0.15, -0.1) is 0 Å². The summed E-state index contributed by atoms with van der Waals surface area (Å²) in [5.41, 5.74) is 5.36. The first kappa shape index (κ1) is 15.2. The van der Waals surface area contributed by atoms with Gasteiger partial charge in [0, 0.05) is 32.2 Å². The van der Waals surface area contributed by atoms with Crippen molar-refractivity contribution in [2.45, 2.75) is 45.8 Å². The number of nitrogens with zero attached hydrogens (tertiary/aromatic N) is 2. The van der Waals surface area contributed by atoms with E-state index in [1.165, 1.54) is 0 Å². The van der Waals surface area contributed by atoms with Gasteiger partial charge in [0.05, 0.1) is 0 Å². The molecule has 0 radical (unpaired) electrons. The monoisotopic (exact) mass is 257 g/mol. The van der Waals surface area contributed by atoms with E-state index in [9.17, 15) is 4.79 Å². The van der Waals surface area contributed by atoms with Crippen LogP contribution in [0.1, 0.15) is 34.1 Å². The van der Waals surface area contributed by atoms with E-state index in [0.717, 1.165) is 26.1 Å². The number of amides is 1. The van der Waals surface area contributed by atoms with Gasteiger partial charge < -0.3 is 15.4 Å². The van der Waals surface area contributed by atoms with Crippen LogP contribution in [0, 0.1) is 0 Å². The molecule has 0 aromatic heterocycles. The molecule has 0 saturated carbocycles. The molecule has 1 aliphatic rings. The number of nitrogens with two attached hydrogens (primary N) is 1. The lowest BCUT2D eigenvalue weighted by molar-refractivity contribution is 0.00485. The van der Waals surface area contributed by atoms with Crippen molar-refractivity contribution in [3.63, 3.8) is 0 Å². The minimum Gasteiger partial charge on any atom is -0.444 e. The molecule has 1 heterocycles. The van der Waals surface area contributed by atoms with E-state index in [1.54, 1.807) is 4.90 Å². The van der Waals surface area contributed by atoms with Crippen LogP contribution < -0.4 is 5.73 Å². The number of hydrogen-bond donors (Lipinski definition) is 1. The van der Waals surface area contributed by atoms with Crippen LogP contribution in [0.3, 0.4) is 0 Å². The molecule has 5 heteroatoms. The molecule has 0 spiro atoms. The van der Waals surface area contributed by atoms with E-state index in [0.29, 0.717) is 13.1 Å². The molecule has 1 fully saturated rings. The second-order valence-corrected chi connectivity index (χ2v) is 5.85. The van der Waals surface area contributed by atoms with Gasteiger partial charge in [0.1, 0.15) is 5.60 Å². The highest BCUT2D eigenvalue weighted by atomic mass is 16.6. The highest BCUT2D eigenvalue weighted by Crippen LogP contribution is 2.14. The van der Waals surface area contributed by atoms with Crippen LogP contribution in [0.15, 0.2) is 0 Å². The fraction of sp³-hybridized carbons (Fsp3) is 0.923. The van der Waals surface area contributed by atoms with Crippen molar-refractivity contribution in [3.05, 3.63) is 0 Å². The number of piperazine rings is 1. The van der Waals surface area contributed by atoms with Crippen molar-refractivity contribution in [2.75, 3.05) is 32.7 Å². The average molecular weight is 257 g/mol. The molecular weight excluding hydrogens is 230 g/mol. The Labute approximate surface area is 110 Å². The lowest BCUT2D eigenvalue weighted by Gasteiger charge is -2.41. The Morgan fingerprint density at radius 3 is 2.56 bits per heavy atom. The van der Waals surface area contributed by atoms with E-state index >= 15 is 0 Å². The maximum atomic E-state index is 12.0. The van der Waals surface area contributed by atoms with Gasteiger partial charge in [0.15, 0.2) is 0 Å². The Kier molecular flexibility index (Phi) is 5.41. The molecule has 1 aliphatic heterocycles. The second kappa shape index (κ2) is 6.38. The molecule has 0 aromatic rings. The van der Waals surface area contributed by atoms with Crippen LogP contribution in [0.25, 0.3) is 0 Å². The van der Waals surface area contributed by atoms with E-state index in [-0.39, 0.29) is 12.1 Å². The Hall–Kier alpha value is -0.810. The van der Waals surface area contributed by atoms with Crippen molar-refractivity contribution < 1.29 is 9.53 Å². The van der Waals surface area contributed by atoms with Crippen molar-refractivity contribution in [2.24, 2.45) is 5.73 Å². The van der Waals surface area contributed by atoms with Gasteiger partial charge in [-0.05, 0) is 33.7 Å². The minimum absolute atomic E-state index is 0.225. The van der Waals surface area contributed by atoms with Crippen LogP contribution in [0.5, 0.6) is 0 Å². The third kappa shape index (κ3) is 4.46. The quantitative estimate of drug-likeness (QED) is 0.827. The highest BCUT2D eigenvalue weighted by Gasteiger charge is 2.30. The van der Waals surface area contributed by atoms with Gasteiger partial charge in [0.25, 0.3) is 0 Å². The summed E-state index contributed by atoms with van der Waals surface area (Å²) in [7, 11) is 0. The number of ether oxygens (including phenoxy) is 1. The molecule has 1 atom stereocenters. The van der Waals surface area contributed by atoms with Crippen LogP contribution in [0.2, 0.25) is 0 Å². The summed E-state index contributed by atoms with van der Waals surface area (Å²) in [5.74, 6) is 0. The maximum Gasteiger partial charge on any atom is 0.410 e. The summed E-state index contributed by atoms with van der Waals surface area (Å²) in [6, 6.07) is 0.256. The normalized spacial score (nSPS) is 22.1. The lowest BCUT2D eigenvalue weighted by atomic mass is 10.1. The van der Waals surface area contributed by atoms with Crippen LogP contribution in [-0.2, 0) is 4.74 Å². The second-order valence-electron chi connectivity index (χ2n) is 5.85. The molecule has 1 unspecified atom stereocenters. The molecule has 18 heavy (non-hydrogen) atoms. The molecule has 0 aliphatic carbocycles. The SMILES string of the molecule is CCCN1CCN(C(=O)OC(C)(C)C)CC1CN. The van der Waals surface area contributed by atoms with Gasteiger partial charge in [-0.1, -0.05) is 6.92 Å². The van der Waals surface area contributed by atoms with E-state index in [2.05, 4.69) is 11.8 Å². The summed E-state index contributed by atoms with van der Waals surface area (Å²) in [6.07, 6.45) is 0.889. The zero-order chi connectivity index (χ0) is 13.8. The number of hydrogen-bond acceptors (Lipinski definition) is 4. The average Bonchev–Trinajstić information content (AvgIpc) is 2.27. The molecule has 106 valence electrons. The smallest absolute Gasteiger partial charge is 0.410 e. The van der Waals surface area contributed by atoms with Gasteiger partial charge in [-0.2, -0.15) is 0 Å². The Morgan fingerprint density at radius 2 is 2.06 bits per heavy atom. The van der Waals surface area contributed by atoms with Gasteiger partial charge in [-0.3, -0.25) is 4.90 Å². The fourth-order valence-corrected chi connectivity index (χ4v) is 2.19. The fourth-order valence-electron chi connectivity index (χ4n) is 2.19. The number of carbonyl (C=O) groups is 1. The Bertz CT molecular complexity index is 276. The molecule has 5 nitrogen and oxygen atoms in total. The van der Waals surface area contributed by atoms with Crippen molar-refractivity contribution in [1.82, 2.24) is 9.80 Å². The van der Waals surface area contributed by atoms with Crippen LogP contribution >= 0.6 is 0 Å². The number of carbonyl (C=O) groups excluding carboxylic acids is 1. The predicted molar refractivity (Wildman–Crippen MR) is 72.5 cm³/mol. The molecule has 0 aromatic carbocycles. The standard InChI is InChI=1S/C13H27N3O2/c1-5-6-15-7-8-16(10-11(15)9-14)12(17)18-13(2,3)4/h11H,5-10,14H2,1-4H3. The van der Waals surface area contributed by atoms with E-state index < -0.39 is 5.60 Å². The van der Waals surface area contributed by atoms with Crippen molar-refractivity contribution in [3.8, 4) is 0 Å². The summed E-state index contributed by atoms with van der Waals surface area (Å²) >= 11 is 0. The first-order chi connectivity index (χ1) is 8.37. The van der Waals surface area contributed by atoms with Gasteiger partial charge >= 0.3 is 6.09 Å². The third-order valence-corrected chi connectivity index (χ3v) is 3.04.